The number of nitrogens with two attached hydrogens (primary N) is 1. The smallest absolute Gasteiger partial charge is 0.251 e. The molecule has 0 aromatic heterocycles. The third-order valence-electron chi connectivity index (χ3n) is 6.03. The lowest BCUT2D eigenvalue weighted by molar-refractivity contribution is -0.121. The zero-order valence-electron chi connectivity index (χ0n) is 15.7. The molecule has 2 aliphatic rings. The maximum absolute atomic E-state index is 12.6. The average Bonchev–Trinajstić information content (AvgIpc) is 3.16. The first-order valence-electron chi connectivity index (χ1n) is 9.30. The fourth-order valence-corrected chi connectivity index (χ4v) is 4.12. The van der Waals surface area contributed by atoms with E-state index in [-0.39, 0.29) is 41.7 Å². The van der Waals surface area contributed by atoms with E-state index in [0.717, 1.165) is 25.7 Å². The highest BCUT2D eigenvalue weighted by atomic mass is 35.5. The molecule has 0 heterocycles. The van der Waals surface area contributed by atoms with Gasteiger partial charge in [-0.15, -0.1) is 12.4 Å². The summed E-state index contributed by atoms with van der Waals surface area (Å²) in [6.07, 6.45) is 4.22. The van der Waals surface area contributed by atoms with Crippen LogP contribution in [0.15, 0.2) is 24.3 Å². The number of nitrogens with one attached hydrogen (secondary N) is 2. The van der Waals surface area contributed by atoms with Crippen LogP contribution in [0.4, 0.5) is 5.69 Å². The van der Waals surface area contributed by atoms with Gasteiger partial charge < -0.3 is 16.4 Å². The van der Waals surface area contributed by atoms with Gasteiger partial charge in [0.05, 0.1) is 5.92 Å². The maximum Gasteiger partial charge on any atom is 0.251 e. The zero-order valence-corrected chi connectivity index (χ0v) is 16.6. The quantitative estimate of drug-likeness (QED) is 0.733. The predicted molar refractivity (Wildman–Crippen MR) is 106 cm³/mol. The molecule has 144 valence electrons. The SMILES string of the molecule is CCC(C)(C)NC(=O)c1ccc(NC(=O)C2C3CCC(C3)C2N)cc1.Cl. The second-order valence-electron chi connectivity index (χ2n) is 8.19. The molecular weight excluding hydrogens is 350 g/mol. The van der Waals surface area contributed by atoms with Gasteiger partial charge in [0, 0.05) is 22.8 Å². The zero-order chi connectivity index (χ0) is 18.2. The highest BCUT2D eigenvalue weighted by Crippen LogP contribution is 2.47. The Balaban J connectivity index is 0.00000243. The van der Waals surface area contributed by atoms with Crippen molar-refractivity contribution in [2.24, 2.45) is 23.5 Å². The molecule has 1 aromatic rings. The number of carbonyl (C=O) groups excluding carboxylic acids is 2. The standard InChI is InChI=1S/C20H29N3O2.ClH/c1-4-20(2,3)23-18(24)12-7-9-15(10-8-12)22-19(25)16-13-5-6-14(11-13)17(16)21;/h7-10,13-14,16-17H,4-6,11,21H2,1-3H3,(H,22,25)(H,23,24);1H. The number of fused-ring (bicyclic) bond motifs is 2. The molecule has 26 heavy (non-hydrogen) atoms. The van der Waals surface area contributed by atoms with Gasteiger partial charge in [-0.05, 0) is 75.6 Å². The molecule has 0 spiro atoms. The van der Waals surface area contributed by atoms with Crippen LogP contribution in [-0.4, -0.2) is 23.4 Å². The largest absolute Gasteiger partial charge is 0.347 e. The minimum absolute atomic E-state index is 0. The molecule has 5 nitrogen and oxygen atoms in total. The highest BCUT2D eigenvalue weighted by Gasteiger charge is 2.49. The lowest BCUT2D eigenvalue weighted by atomic mass is 9.84. The molecule has 6 heteroatoms. The molecule has 0 aliphatic heterocycles. The minimum atomic E-state index is -0.234. The number of halogens is 1. The van der Waals surface area contributed by atoms with Crippen molar-refractivity contribution in [1.82, 2.24) is 5.32 Å². The van der Waals surface area contributed by atoms with Crippen molar-refractivity contribution in [2.75, 3.05) is 5.32 Å². The summed E-state index contributed by atoms with van der Waals surface area (Å²) in [5.74, 6) is 0.783. The first-order chi connectivity index (χ1) is 11.8. The Morgan fingerprint density at radius 3 is 2.31 bits per heavy atom. The summed E-state index contributed by atoms with van der Waals surface area (Å²) < 4.78 is 0. The van der Waals surface area contributed by atoms with Gasteiger partial charge in [-0.25, -0.2) is 0 Å². The third-order valence-corrected chi connectivity index (χ3v) is 6.03. The van der Waals surface area contributed by atoms with E-state index in [4.69, 9.17) is 5.73 Å². The van der Waals surface area contributed by atoms with Crippen molar-refractivity contribution >= 4 is 29.9 Å². The van der Waals surface area contributed by atoms with E-state index in [1.54, 1.807) is 24.3 Å². The van der Waals surface area contributed by atoms with Crippen molar-refractivity contribution in [3.63, 3.8) is 0 Å². The highest BCUT2D eigenvalue weighted by molar-refractivity contribution is 5.97. The molecule has 1 aromatic carbocycles. The van der Waals surface area contributed by atoms with Gasteiger partial charge in [-0.1, -0.05) is 6.92 Å². The average molecular weight is 380 g/mol. The number of amides is 2. The lowest BCUT2D eigenvalue weighted by Crippen LogP contribution is -2.43. The molecule has 2 saturated carbocycles. The Kier molecular flexibility index (Phi) is 6.35. The summed E-state index contributed by atoms with van der Waals surface area (Å²) >= 11 is 0. The van der Waals surface area contributed by atoms with Gasteiger partial charge in [-0.2, -0.15) is 0 Å². The van der Waals surface area contributed by atoms with Crippen molar-refractivity contribution < 1.29 is 9.59 Å². The Labute approximate surface area is 161 Å². The maximum atomic E-state index is 12.6. The van der Waals surface area contributed by atoms with E-state index in [2.05, 4.69) is 10.6 Å². The Morgan fingerprint density at radius 2 is 1.77 bits per heavy atom. The van der Waals surface area contributed by atoms with Gasteiger partial charge in [-0.3, -0.25) is 9.59 Å². The summed E-state index contributed by atoms with van der Waals surface area (Å²) in [7, 11) is 0. The van der Waals surface area contributed by atoms with Crippen LogP contribution in [0.5, 0.6) is 0 Å². The van der Waals surface area contributed by atoms with E-state index < -0.39 is 0 Å². The van der Waals surface area contributed by atoms with Crippen molar-refractivity contribution in [3.05, 3.63) is 29.8 Å². The number of anilines is 1. The van der Waals surface area contributed by atoms with Gasteiger partial charge in [0.15, 0.2) is 0 Å². The van der Waals surface area contributed by atoms with Crippen LogP contribution >= 0.6 is 12.4 Å². The molecule has 3 rings (SSSR count). The topological polar surface area (TPSA) is 84.2 Å². The predicted octanol–water partition coefficient (Wildman–Crippen LogP) is 3.34. The van der Waals surface area contributed by atoms with Gasteiger partial charge in [0.2, 0.25) is 5.91 Å². The monoisotopic (exact) mass is 379 g/mol. The van der Waals surface area contributed by atoms with Crippen LogP contribution in [0.25, 0.3) is 0 Å². The number of rotatable bonds is 5. The first kappa shape index (κ1) is 20.7. The Bertz CT molecular complexity index is 658. The molecule has 0 radical (unpaired) electrons. The number of hydrogen-bond donors (Lipinski definition) is 3. The lowest BCUT2D eigenvalue weighted by Gasteiger charge is -2.27. The van der Waals surface area contributed by atoms with Crippen LogP contribution in [0.3, 0.4) is 0 Å². The summed E-state index contributed by atoms with van der Waals surface area (Å²) in [6, 6.07) is 7.05. The molecule has 2 aliphatic carbocycles. The van der Waals surface area contributed by atoms with E-state index >= 15 is 0 Å². The molecule has 4 N–H and O–H groups in total. The van der Waals surface area contributed by atoms with E-state index in [9.17, 15) is 9.59 Å². The number of hydrogen-bond acceptors (Lipinski definition) is 3. The van der Waals surface area contributed by atoms with E-state index in [1.165, 1.54) is 0 Å². The molecule has 2 fully saturated rings. The molecule has 0 saturated heterocycles. The summed E-state index contributed by atoms with van der Waals surface area (Å²) in [6.45, 7) is 6.04. The van der Waals surface area contributed by atoms with E-state index in [1.807, 2.05) is 20.8 Å². The molecule has 2 amide bonds. The van der Waals surface area contributed by atoms with Crippen LogP contribution < -0.4 is 16.4 Å². The number of carbonyl (C=O) groups is 2. The fourth-order valence-electron chi connectivity index (χ4n) is 4.12. The van der Waals surface area contributed by atoms with Crippen molar-refractivity contribution in [2.45, 2.75) is 58.0 Å². The van der Waals surface area contributed by atoms with Crippen molar-refractivity contribution in [3.8, 4) is 0 Å². The molecule has 2 bridgehead atoms. The fraction of sp³-hybridized carbons (Fsp3) is 0.600. The van der Waals surface area contributed by atoms with Crippen LogP contribution in [0, 0.1) is 17.8 Å². The van der Waals surface area contributed by atoms with Crippen molar-refractivity contribution in [1.29, 1.82) is 0 Å². The minimum Gasteiger partial charge on any atom is -0.347 e. The Morgan fingerprint density at radius 1 is 1.15 bits per heavy atom. The van der Waals surface area contributed by atoms with Gasteiger partial charge in [0.25, 0.3) is 5.91 Å². The third kappa shape index (κ3) is 4.21. The second-order valence-corrected chi connectivity index (χ2v) is 8.19. The number of benzene rings is 1. The van der Waals surface area contributed by atoms with Crippen LogP contribution in [0.1, 0.15) is 56.8 Å². The molecular formula is C20H30ClN3O2. The normalized spacial score (nSPS) is 26.9. The van der Waals surface area contributed by atoms with Crippen LogP contribution in [-0.2, 0) is 4.79 Å². The van der Waals surface area contributed by atoms with E-state index in [0.29, 0.717) is 23.1 Å². The second kappa shape index (κ2) is 7.97. The van der Waals surface area contributed by atoms with Crippen LogP contribution in [0.2, 0.25) is 0 Å². The first-order valence-corrected chi connectivity index (χ1v) is 9.30. The molecule has 4 unspecified atom stereocenters. The summed E-state index contributed by atoms with van der Waals surface area (Å²) in [4.78, 5) is 24.9. The summed E-state index contributed by atoms with van der Waals surface area (Å²) in [5.41, 5.74) is 7.31. The summed E-state index contributed by atoms with van der Waals surface area (Å²) in [5, 5.41) is 5.98. The molecule has 4 atom stereocenters. The Hall–Kier alpha value is -1.59. The van der Waals surface area contributed by atoms with Gasteiger partial charge in [0.1, 0.15) is 0 Å². The van der Waals surface area contributed by atoms with Gasteiger partial charge >= 0.3 is 0 Å².